The average molecular weight is 326 g/mol. The van der Waals surface area contributed by atoms with Crippen LogP contribution in [-0.2, 0) is 6.54 Å². The van der Waals surface area contributed by atoms with E-state index in [0.717, 1.165) is 14.9 Å². The van der Waals surface area contributed by atoms with Crippen LogP contribution in [0.5, 0.6) is 5.75 Å². The molecule has 2 aromatic rings. The first-order valence-electron chi connectivity index (χ1n) is 5.38. The highest BCUT2D eigenvalue weighted by Gasteiger charge is 2.10. The van der Waals surface area contributed by atoms with E-state index in [1.807, 2.05) is 19.1 Å². The van der Waals surface area contributed by atoms with Crippen molar-refractivity contribution in [1.29, 1.82) is 0 Å². The zero-order valence-corrected chi connectivity index (χ0v) is 12.1. The molecule has 0 saturated carbocycles. The Morgan fingerprint density at radius 2 is 2.22 bits per heavy atom. The summed E-state index contributed by atoms with van der Waals surface area (Å²) in [7, 11) is 0. The topological polar surface area (TPSA) is 49.3 Å². The van der Waals surface area contributed by atoms with Gasteiger partial charge in [0.25, 0.3) is 5.91 Å². The number of thiophene rings is 1. The highest BCUT2D eigenvalue weighted by atomic mass is 79.9. The second-order valence-electron chi connectivity index (χ2n) is 3.92. The molecular formula is C13H12BrNO2S. The summed E-state index contributed by atoms with van der Waals surface area (Å²) in [6, 6.07) is 8.70. The summed E-state index contributed by atoms with van der Waals surface area (Å²) in [6.07, 6.45) is 0. The molecule has 5 heteroatoms. The number of hydrogen-bond acceptors (Lipinski definition) is 3. The Bertz CT molecular complexity index is 561. The van der Waals surface area contributed by atoms with E-state index in [1.54, 1.807) is 18.2 Å². The Labute approximate surface area is 118 Å². The first kappa shape index (κ1) is 13.1. The van der Waals surface area contributed by atoms with Crippen LogP contribution in [-0.4, -0.2) is 11.0 Å². The predicted molar refractivity (Wildman–Crippen MR) is 76.0 cm³/mol. The molecule has 0 atom stereocenters. The fourth-order valence-corrected chi connectivity index (χ4v) is 2.96. The molecule has 1 aromatic carbocycles. The summed E-state index contributed by atoms with van der Waals surface area (Å²) in [5.41, 5.74) is 1.93. The number of carbonyl (C=O) groups is 1. The molecule has 0 unspecified atom stereocenters. The molecule has 0 radical (unpaired) electrons. The van der Waals surface area contributed by atoms with Crippen LogP contribution in [0.1, 0.15) is 20.8 Å². The van der Waals surface area contributed by atoms with Crippen molar-refractivity contribution >= 4 is 33.2 Å². The molecule has 1 aromatic heterocycles. The van der Waals surface area contributed by atoms with E-state index in [0.29, 0.717) is 11.4 Å². The van der Waals surface area contributed by atoms with E-state index in [2.05, 4.69) is 21.2 Å². The van der Waals surface area contributed by atoms with Crippen LogP contribution in [0.15, 0.2) is 34.1 Å². The molecule has 0 aliphatic heterocycles. The number of benzene rings is 1. The standard InChI is InChI=1S/C13H12BrNO2S/c1-8-5-11(18-12(8)14)13(17)15-7-9-3-2-4-10(16)6-9/h2-6,16H,7H2,1H3,(H,15,17). The second kappa shape index (κ2) is 5.54. The van der Waals surface area contributed by atoms with Crippen LogP contribution in [0.3, 0.4) is 0 Å². The summed E-state index contributed by atoms with van der Waals surface area (Å²) in [5, 5.41) is 12.1. The lowest BCUT2D eigenvalue weighted by molar-refractivity contribution is 0.0955. The fraction of sp³-hybridized carbons (Fsp3) is 0.154. The van der Waals surface area contributed by atoms with Crippen molar-refractivity contribution in [3.05, 3.63) is 50.1 Å². The molecule has 18 heavy (non-hydrogen) atoms. The predicted octanol–water partition coefficient (Wildman–Crippen LogP) is 3.45. The normalized spacial score (nSPS) is 10.3. The SMILES string of the molecule is Cc1cc(C(=O)NCc2cccc(O)c2)sc1Br. The molecule has 1 heterocycles. The minimum Gasteiger partial charge on any atom is -0.508 e. The summed E-state index contributed by atoms with van der Waals surface area (Å²) in [6.45, 7) is 2.36. The summed E-state index contributed by atoms with van der Waals surface area (Å²) < 4.78 is 0.977. The van der Waals surface area contributed by atoms with Crippen molar-refractivity contribution in [2.45, 2.75) is 13.5 Å². The van der Waals surface area contributed by atoms with Crippen LogP contribution in [0.4, 0.5) is 0 Å². The van der Waals surface area contributed by atoms with Gasteiger partial charge in [0.1, 0.15) is 5.75 Å². The summed E-state index contributed by atoms with van der Waals surface area (Å²) >= 11 is 4.81. The first-order valence-corrected chi connectivity index (χ1v) is 6.99. The quantitative estimate of drug-likeness (QED) is 0.908. The van der Waals surface area contributed by atoms with Gasteiger partial charge in [-0.05, 0) is 52.2 Å². The summed E-state index contributed by atoms with van der Waals surface area (Å²) in [5.74, 6) is 0.105. The Morgan fingerprint density at radius 1 is 1.44 bits per heavy atom. The molecule has 0 aliphatic rings. The molecule has 0 spiro atoms. The van der Waals surface area contributed by atoms with Gasteiger partial charge in [-0.15, -0.1) is 11.3 Å². The van der Waals surface area contributed by atoms with Crippen LogP contribution < -0.4 is 5.32 Å². The zero-order valence-electron chi connectivity index (χ0n) is 9.74. The molecule has 0 fully saturated rings. The first-order chi connectivity index (χ1) is 8.56. The Balaban J connectivity index is 2.00. The van der Waals surface area contributed by atoms with Crippen molar-refractivity contribution in [2.24, 2.45) is 0 Å². The van der Waals surface area contributed by atoms with Gasteiger partial charge in [-0.3, -0.25) is 4.79 Å². The number of phenolic OH excluding ortho intramolecular Hbond substituents is 1. The van der Waals surface area contributed by atoms with Gasteiger partial charge in [0.05, 0.1) is 8.66 Å². The minimum absolute atomic E-state index is 0.0999. The van der Waals surface area contributed by atoms with Gasteiger partial charge in [-0.2, -0.15) is 0 Å². The molecule has 3 nitrogen and oxygen atoms in total. The van der Waals surface area contributed by atoms with E-state index in [-0.39, 0.29) is 11.7 Å². The number of carbonyl (C=O) groups excluding carboxylic acids is 1. The molecule has 0 bridgehead atoms. The fourth-order valence-electron chi connectivity index (χ4n) is 1.51. The Hall–Kier alpha value is -1.33. The van der Waals surface area contributed by atoms with Gasteiger partial charge in [0.15, 0.2) is 0 Å². The van der Waals surface area contributed by atoms with Gasteiger partial charge < -0.3 is 10.4 Å². The van der Waals surface area contributed by atoms with Crippen molar-refractivity contribution < 1.29 is 9.90 Å². The van der Waals surface area contributed by atoms with E-state index < -0.39 is 0 Å². The van der Waals surface area contributed by atoms with E-state index >= 15 is 0 Å². The molecule has 94 valence electrons. The van der Waals surface area contributed by atoms with Crippen LogP contribution >= 0.6 is 27.3 Å². The van der Waals surface area contributed by atoms with Crippen molar-refractivity contribution in [2.75, 3.05) is 0 Å². The number of phenols is 1. The van der Waals surface area contributed by atoms with Crippen LogP contribution in [0, 0.1) is 6.92 Å². The smallest absolute Gasteiger partial charge is 0.261 e. The van der Waals surface area contributed by atoms with E-state index in [1.165, 1.54) is 11.3 Å². The lowest BCUT2D eigenvalue weighted by Crippen LogP contribution is -2.21. The maximum atomic E-state index is 11.9. The summed E-state index contributed by atoms with van der Waals surface area (Å²) in [4.78, 5) is 12.6. The molecule has 0 saturated heterocycles. The van der Waals surface area contributed by atoms with Crippen molar-refractivity contribution in [1.82, 2.24) is 5.32 Å². The molecule has 1 amide bonds. The molecule has 2 N–H and O–H groups in total. The maximum Gasteiger partial charge on any atom is 0.261 e. The second-order valence-corrected chi connectivity index (χ2v) is 6.29. The van der Waals surface area contributed by atoms with Gasteiger partial charge in [-0.25, -0.2) is 0 Å². The average Bonchev–Trinajstić information content (AvgIpc) is 2.67. The third-order valence-corrected chi connectivity index (χ3v) is 4.58. The lowest BCUT2D eigenvalue weighted by Gasteiger charge is -2.04. The van der Waals surface area contributed by atoms with Crippen LogP contribution in [0.2, 0.25) is 0 Å². The largest absolute Gasteiger partial charge is 0.508 e. The third-order valence-electron chi connectivity index (χ3n) is 2.44. The number of halogens is 1. The van der Waals surface area contributed by atoms with E-state index in [9.17, 15) is 9.90 Å². The number of aromatic hydroxyl groups is 1. The highest BCUT2D eigenvalue weighted by molar-refractivity contribution is 9.11. The number of amides is 1. The zero-order chi connectivity index (χ0) is 13.1. The maximum absolute atomic E-state index is 11.9. The number of rotatable bonds is 3. The van der Waals surface area contributed by atoms with Gasteiger partial charge in [-0.1, -0.05) is 12.1 Å². The number of hydrogen-bond donors (Lipinski definition) is 2. The molecular weight excluding hydrogens is 314 g/mol. The highest BCUT2D eigenvalue weighted by Crippen LogP contribution is 2.27. The van der Waals surface area contributed by atoms with Crippen LogP contribution in [0.25, 0.3) is 0 Å². The number of aryl methyl sites for hydroxylation is 1. The van der Waals surface area contributed by atoms with Gasteiger partial charge in [0.2, 0.25) is 0 Å². The molecule has 2 rings (SSSR count). The third kappa shape index (κ3) is 3.11. The Kier molecular flexibility index (Phi) is 4.04. The van der Waals surface area contributed by atoms with Gasteiger partial charge >= 0.3 is 0 Å². The lowest BCUT2D eigenvalue weighted by atomic mass is 10.2. The minimum atomic E-state index is -0.0999. The van der Waals surface area contributed by atoms with Gasteiger partial charge in [0, 0.05) is 6.54 Å². The molecule has 0 aliphatic carbocycles. The van der Waals surface area contributed by atoms with E-state index in [4.69, 9.17) is 0 Å². The van der Waals surface area contributed by atoms with Crippen molar-refractivity contribution in [3.63, 3.8) is 0 Å². The monoisotopic (exact) mass is 325 g/mol. The van der Waals surface area contributed by atoms with Crippen molar-refractivity contribution in [3.8, 4) is 5.75 Å². The Morgan fingerprint density at radius 3 is 2.83 bits per heavy atom. The number of nitrogens with one attached hydrogen (secondary N) is 1.